The van der Waals surface area contributed by atoms with Crippen LogP contribution < -0.4 is 10.5 Å². The van der Waals surface area contributed by atoms with Gasteiger partial charge < -0.3 is 19.5 Å². The highest BCUT2D eigenvalue weighted by atomic mass is 32.2. The van der Waals surface area contributed by atoms with Gasteiger partial charge in [0.05, 0.1) is 12.0 Å². The fraction of sp³-hybridized carbons (Fsp3) is 0.250. The summed E-state index contributed by atoms with van der Waals surface area (Å²) in [7, 11) is 1.44. The van der Waals surface area contributed by atoms with Gasteiger partial charge >= 0.3 is 0 Å². The van der Waals surface area contributed by atoms with E-state index in [9.17, 15) is 8.76 Å². The second-order valence-electron chi connectivity index (χ2n) is 6.76. The molecule has 2 aromatic carbocycles. The Morgan fingerprint density at radius 3 is 2.59 bits per heavy atom. The molecule has 1 saturated carbocycles. The topological polar surface area (TPSA) is 101 Å². The highest BCUT2D eigenvalue weighted by molar-refractivity contribution is 7.79. The minimum Gasteiger partial charge on any atom is -0.768 e. The number of nitrogens with zero attached hydrogens (tertiary/aromatic N) is 1. The average molecular weight is 385 g/mol. The second kappa shape index (κ2) is 6.83. The molecule has 1 unspecified atom stereocenters. The molecule has 2 aliphatic rings. The minimum atomic E-state index is -2.22. The van der Waals surface area contributed by atoms with Gasteiger partial charge in [0.15, 0.2) is 11.6 Å². The van der Waals surface area contributed by atoms with Crippen LogP contribution in [-0.2, 0) is 22.9 Å². The normalized spacial score (nSPS) is 16.5. The summed E-state index contributed by atoms with van der Waals surface area (Å²) >= 11 is -2.22. The molecule has 0 saturated heterocycles. The van der Waals surface area contributed by atoms with E-state index >= 15 is 0 Å². The van der Waals surface area contributed by atoms with Gasteiger partial charge in [-0.3, -0.25) is 4.21 Å². The lowest BCUT2D eigenvalue weighted by Crippen LogP contribution is -2.17. The fourth-order valence-corrected chi connectivity index (χ4v) is 4.14. The number of rotatable bonds is 2. The van der Waals surface area contributed by atoms with Gasteiger partial charge in [-0.2, -0.15) is 0 Å². The number of hydrogen-bond donors (Lipinski definition) is 1. The standard InChI is InChI=1S/C13H12N2O.C7H8O3S.H2/c14-12-9-7-13(5-6-13)10-4-2-1-3-8(10)11(9)16-15-12;1-10-6-4-2-3-5-7(6)11(8)9;/h1-4H,5-7H2,(H2,14,15);2-5H,1H3,(H,8,9);1H/p-1. The zero-order valence-electron chi connectivity index (χ0n) is 14.8. The lowest BCUT2D eigenvalue weighted by Gasteiger charge is -2.23. The molecule has 1 spiro atoms. The molecule has 0 bridgehead atoms. The number of anilines is 1. The third-order valence-electron chi connectivity index (χ3n) is 5.18. The van der Waals surface area contributed by atoms with Gasteiger partial charge in [0.1, 0.15) is 5.75 Å². The fourth-order valence-electron chi connectivity index (χ4n) is 3.63. The van der Waals surface area contributed by atoms with Crippen molar-refractivity contribution in [1.82, 2.24) is 5.16 Å². The number of para-hydroxylation sites is 1. The Bertz CT molecular complexity index is 1020. The third kappa shape index (κ3) is 3.13. The van der Waals surface area contributed by atoms with Crippen molar-refractivity contribution in [3.8, 4) is 17.1 Å². The molecular weight excluding hydrogens is 364 g/mol. The number of fused-ring (bicyclic) bond motifs is 4. The lowest BCUT2D eigenvalue weighted by molar-refractivity contribution is 0.401. The molecule has 2 aliphatic carbocycles. The minimum absolute atomic E-state index is 0. The van der Waals surface area contributed by atoms with Crippen LogP contribution in [0, 0.1) is 0 Å². The molecule has 0 radical (unpaired) electrons. The summed E-state index contributed by atoms with van der Waals surface area (Å²) in [5.74, 6) is 1.82. The number of nitrogen functional groups attached to an aromatic ring is 1. The van der Waals surface area contributed by atoms with Crippen LogP contribution in [0.5, 0.6) is 5.75 Å². The summed E-state index contributed by atoms with van der Waals surface area (Å²) in [5.41, 5.74) is 9.91. The monoisotopic (exact) mass is 385 g/mol. The maximum Gasteiger partial charge on any atom is 0.172 e. The Hall–Kier alpha value is -2.64. The molecule has 0 aliphatic heterocycles. The highest BCUT2D eigenvalue weighted by Crippen LogP contribution is 2.57. The molecule has 142 valence electrons. The van der Waals surface area contributed by atoms with E-state index < -0.39 is 11.1 Å². The van der Waals surface area contributed by atoms with E-state index in [2.05, 4.69) is 23.4 Å². The second-order valence-corrected chi connectivity index (χ2v) is 7.67. The molecule has 3 aromatic rings. The van der Waals surface area contributed by atoms with Crippen molar-refractivity contribution in [2.75, 3.05) is 12.8 Å². The SMILES string of the molecule is COc1ccccc1S(=O)[O-].Nc1noc2c1CC1(CC1)c1ccccc1-2.[HH]. The quantitative estimate of drug-likeness (QED) is 0.675. The van der Waals surface area contributed by atoms with Crippen LogP contribution in [0.15, 0.2) is 57.9 Å². The molecule has 5 rings (SSSR count). The molecule has 6 nitrogen and oxygen atoms in total. The molecule has 7 heteroatoms. The summed E-state index contributed by atoms with van der Waals surface area (Å²) in [6, 6.07) is 14.9. The number of methoxy groups -OCH3 is 1. The first-order valence-corrected chi connectivity index (χ1v) is 9.69. The number of benzene rings is 2. The van der Waals surface area contributed by atoms with E-state index in [1.165, 1.54) is 37.1 Å². The van der Waals surface area contributed by atoms with Crippen molar-refractivity contribution in [2.45, 2.75) is 29.6 Å². The predicted molar refractivity (Wildman–Crippen MR) is 103 cm³/mol. The van der Waals surface area contributed by atoms with Crippen molar-refractivity contribution in [1.29, 1.82) is 0 Å². The van der Waals surface area contributed by atoms with Crippen LogP contribution in [0.1, 0.15) is 25.4 Å². The Balaban J connectivity index is 0.000000167. The summed E-state index contributed by atoms with van der Waals surface area (Å²) < 4.78 is 31.2. The smallest absolute Gasteiger partial charge is 0.172 e. The van der Waals surface area contributed by atoms with Crippen molar-refractivity contribution >= 4 is 16.9 Å². The summed E-state index contributed by atoms with van der Waals surface area (Å²) in [6.45, 7) is 0. The number of hydrogen-bond acceptors (Lipinski definition) is 6. The molecule has 1 heterocycles. The zero-order chi connectivity index (χ0) is 19.0. The average Bonchev–Trinajstić information content (AvgIpc) is 3.38. The van der Waals surface area contributed by atoms with Crippen LogP contribution in [-0.4, -0.2) is 21.0 Å². The van der Waals surface area contributed by atoms with Gasteiger partial charge in [-0.1, -0.05) is 41.6 Å². The van der Waals surface area contributed by atoms with Gasteiger partial charge in [0, 0.05) is 18.0 Å². The van der Waals surface area contributed by atoms with E-state index in [0.717, 1.165) is 17.7 Å². The molecule has 1 atom stereocenters. The maximum absolute atomic E-state index is 10.5. The Morgan fingerprint density at radius 1 is 1.22 bits per heavy atom. The first-order chi connectivity index (χ1) is 13.1. The Labute approximate surface area is 161 Å². The van der Waals surface area contributed by atoms with Gasteiger partial charge in [-0.15, -0.1) is 0 Å². The summed E-state index contributed by atoms with van der Waals surface area (Å²) in [6.07, 6.45) is 3.51. The Kier molecular flexibility index (Phi) is 4.49. The van der Waals surface area contributed by atoms with Crippen molar-refractivity contribution in [3.05, 3.63) is 59.7 Å². The van der Waals surface area contributed by atoms with E-state index in [-0.39, 0.29) is 6.32 Å². The van der Waals surface area contributed by atoms with Gasteiger partial charge in [0.2, 0.25) is 0 Å². The highest BCUT2D eigenvalue weighted by Gasteiger charge is 2.49. The van der Waals surface area contributed by atoms with E-state index in [1.54, 1.807) is 18.2 Å². The van der Waals surface area contributed by atoms with Crippen LogP contribution in [0.2, 0.25) is 0 Å². The molecule has 0 amide bonds. The summed E-state index contributed by atoms with van der Waals surface area (Å²) in [5, 5.41) is 3.89. The number of aromatic nitrogens is 1. The van der Waals surface area contributed by atoms with Crippen LogP contribution in [0.3, 0.4) is 0 Å². The third-order valence-corrected chi connectivity index (χ3v) is 5.88. The molecule has 1 aromatic heterocycles. The maximum atomic E-state index is 10.5. The summed E-state index contributed by atoms with van der Waals surface area (Å²) in [4.78, 5) is 0.190. The first-order valence-electron chi connectivity index (χ1n) is 8.62. The molecule has 27 heavy (non-hydrogen) atoms. The van der Waals surface area contributed by atoms with Crippen LogP contribution in [0.25, 0.3) is 11.3 Å². The molecule has 1 fully saturated rings. The zero-order valence-corrected chi connectivity index (χ0v) is 15.6. The van der Waals surface area contributed by atoms with Crippen molar-refractivity contribution in [2.24, 2.45) is 0 Å². The lowest BCUT2D eigenvalue weighted by atomic mass is 9.79. The van der Waals surface area contributed by atoms with E-state index in [0.29, 0.717) is 17.0 Å². The van der Waals surface area contributed by atoms with Crippen molar-refractivity contribution in [3.63, 3.8) is 0 Å². The largest absolute Gasteiger partial charge is 0.768 e. The van der Waals surface area contributed by atoms with Gasteiger partial charge in [0.25, 0.3) is 0 Å². The Morgan fingerprint density at radius 2 is 1.93 bits per heavy atom. The molecule has 2 N–H and O–H groups in total. The first kappa shape index (κ1) is 17.8. The van der Waals surface area contributed by atoms with Crippen LogP contribution >= 0.6 is 0 Å². The van der Waals surface area contributed by atoms with Crippen molar-refractivity contribution < 1.29 is 19.4 Å². The van der Waals surface area contributed by atoms with E-state index in [1.807, 2.05) is 6.07 Å². The molecular formula is C20H21N2O4S-. The van der Waals surface area contributed by atoms with E-state index in [4.69, 9.17) is 15.0 Å². The van der Waals surface area contributed by atoms with Gasteiger partial charge in [-0.25, -0.2) is 0 Å². The van der Waals surface area contributed by atoms with Gasteiger partial charge in [-0.05, 0) is 48.0 Å². The predicted octanol–water partition coefficient (Wildman–Crippen LogP) is 3.69. The van der Waals surface area contributed by atoms with Crippen LogP contribution in [0.4, 0.5) is 5.82 Å². The number of ether oxygens (including phenoxy) is 1. The number of nitrogens with two attached hydrogens (primary N) is 1.